The molecule has 0 saturated heterocycles. The predicted octanol–water partition coefficient (Wildman–Crippen LogP) is 5.08. The summed E-state index contributed by atoms with van der Waals surface area (Å²) < 4.78 is 24.4. The Morgan fingerprint density at radius 2 is 1.45 bits per heavy atom. The van der Waals surface area contributed by atoms with Crippen LogP contribution in [0.25, 0.3) is 0 Å². The maximum atomic E-state index is 12.2. The van der Waals surface area contributed by atoms with Crippen molar-refractivity contribution in [1.29, 1.82) is 0 Å². The normalized spacial score (nSPS) is 15.3. The Labute approximate surface area is 127 Å². The number of hydrogen-bond donors (Lipinski definition) is 0. The van der Waals surface area contributed by atoms with Crippen molar-refractivity contribution in [3.8, 4) is 0 Å². The molecule has 1 atom stereocenters. The summed E-state index contributed by atoms with van der Waals surface area (Å²) in [6.07, 6.45) is 5.09. The molecule has 0 aromatic carbocycles. The molecule has 0 rings (SSSR count). The van der Waals surface area contributed by atoms with E-state index in [1.165, 1.54) is 6.42 Å². The molecule has 0 amide bonds. The van der Waals surface area contributed by atoms with Gasteiger partial charge in [0.2, 0.25) is 0 Å². The Morgan fingerprint density at radius 3 is 1.85 bits per heavy atom. The summed E-state index contributed by atoms with van der Waals surface area (Å²) in [5.41, 5.74) is 0.437. The molecule has 0 aliphatic rings. The van der Waals surface area contributed by atoms with E-state index in [0.717, 1.165) is 25.7 Å². The lowest BCUT2D eigenvalue weighted by atomic mass is 9.80. The molecular weight excluding hydrogens is 268 g/mol. The number of rotatable bonds is 8. The molecule has 122 valence electrons. The zero-order valence-corrected chi connectivity index (χ0v) is 15.6. The van der Waals surface area contributed by atoms with E-state index >= 15 is 0 Å². The minimum atomic E-state index is -2.89. The van der Waals surface area contributed by atoms with E-state index in [1.807, 2.05) is 0 Å². The highest BCUT2D eigenvalue weighted by Gasteiger charge is 2.27. The van der Waals surface area contributed by atoms with Gasteiger partial charge in [0.15, 0.2) is 9.84 Å². The van der Waals surface area contributed by atoms with Crippen LogP contribution in [-0.2, 0) is 9.84 Å². The third-order valence-electron chi connectivity index (χ3n) is 4.05. The molecule has 0 heterocycles. The van der Waals surface area contributed by atoms with Gasteiger partial charge in [0.05, 0.1) is 11.5 Å². The zero-order valence-electron chi connectivity index (χ0n) is 14.8. The van der Waals surface area contributed by atoms with Gasteiger partial charge < -0.3 is 0 Å². The average molecular weight is 305 g/mol. The number of sulfone groups is 1. The van der Waals surface area contributed by atoms with Gasteiger partial charge in [-0.2, -0.15) is 0 Å². The smallest absolute Gasteiger partial charge is 0.150 e. The van der Waals surface area contributed by atoms with Crippen LogP contribution in [0.2, 0.25) is 0 Å². The fraction of sp³-hybridized carbons (Fsp3) is 1.00. The molecule has 0 spiro atoms. The lowest BCUT2D eigenvalue weighted by molar-refractivity contribution is 0.256. The van der Waals surface area contributed by atoms with Crippen molar-refractivity contribution in [3.63, 3.8) is 0 Å². The largest absolute Gasteiger partial charge is 0.229 e. The molecule has 0 N–H and O–H groups in total. The Morgan fingerprint density at radius 1 is 0.900 bits per heavy atom. The monoisotopic (exact) mass is 304 g/mol. The van der Waals surface area contributed by atoms with Gasteiger partial charge in [0, 0.05) is 0 Å². The Hall–Kier alpha value is -0.0500. The quantitative estimate of drug-likeness (QED) is 0.586. The van der Waals surface area contributed by atoms with Crippen molar-refractivity contribution in [2.45, 2.75) is 80.6 Å². The molecular formula is C17H36O2S. The molecule has 0 saturated carbocycles. The summed E-state index contributed by atoms with van der Waals surface area (Å²) in [5.74, 6) is 0.984. The number of unbranched alkanes of at least 4 members (excludes halogenated alkanes) is 2. The fourth-order valence-electron chi connectivity index (χ4n) is 2.52. The van der Waals surface area contributed by atoms with E-state index in [2.05, 4.69) is 48.5 Å². The van der Waals surface area contributed by atoms with E-state index in [9.17, 15) is 8.42 Å². The van der Waals surface area contributed by atoms with E-state index < -0.39 is 9.84 Å². The summed E-state index contributed by atoms with van der Waals surface area (Å²) >= 11 is 0. The lowest BCUT2D eigenvalue weighted by Crippen LogP contribution is -2.28. The minimum Gasteiger partial charge on any atom is -0.229 e. The molecule has 0 aliphatic carbocycles. The molecule has 0 aromatic heterocycles. The molecule has 2 nitrogen and oxygen atoms in total. The summed E-state index contributed by atoms with van der Waals surface area (Å²) in [6, 6.07) is 0. The average Bonchev–Trinajstić information content (AvgIpc) is 2.22. The van der Waals surface area contributed by atoms with Crippen LogP contribution in [0.5, 0.6) is 0 Å². The number of hydrogen-bond acceptors (Lipinski definition) is 2. The van der Waals surface area contributed by atoms with Crippen LogP contribution < -0.4 is 0 Å². The van der Waals surface area contributed by atoms with Crippen molar-refractivity contribution in [2.75, 3.05) is 11.5 Å². The summed E-state index contributed by atoms with van der Waals surface area (Å²) in [5, 5.41) is 0. The second-order valence-corrected chi connectivity index (χ2v) is 10.7. The second-order valence-electron chi connectivity index (χ2n) is 8.46. The van der Waals surface area contributed by atoms with Crippen LogP contribution in [0.1, 0.15) is 80.6 Å². The van der Waals surface area contributed by atoms with Gasteiger partial charge in [0.25, 0.3) is 0 Å². The van der Waals surface area contributed by atoms with Crippen molar-refractivity contribution in [1.82, 2.24) is 0 Å². The molecule has 0 fully saturated rings. The van der Waals surface area contributed by atoms with Crippen molar-refractivity contribution in [3.05, 3.63) is 0 Å². The standard InChI is InChI=1S/C17H36O2S/c1-8-15(17(5,6)7)14-20(18,19)13-11-9-10-12-16(2,3)4/h15H,8-14H2,1-7H3/t15-/m0/s1. The summed E-state index contributed by atoms with van der Waals surface area (Å²) in [4.78, 5) is 0. The van der Waals surface area contributed by atoms with Gasteiger partial charge in [-0.3, -0.25) is 0 Å². The van der Waals surface area contributed by atoms with Crippen molar-refractivity contribution in [2.24, 2.45) is 16.7 Å². The van der Waals surface area contributed by atoms with E-state index in [-0.39, 0.29) is 11.3 Å². The summed E-state index contributed by atoms with van der Waals surface area (Å²) in [7, 11) is -2.89. The molecule has 0 aromatic rings. The van der Waals surface area contributed by atoms with Crippen molar-refractivity contribution >= 4 is 9.84 Å². The molecule has 0 unspecified atom stereocenters. The molecule has 3 heteroatoms. The topological polar surface area (TPSA) is 34.1 Å². The van der Waals surface area contributed by atoms with Gasteiger partial charge in [0.1, 0.15) is 0 Å². The molecule has 0 bridgehead atoms. The molecule has 0 aliphatic heterocycles. The third-order valence-corrected chi connectivity index (χ3v) is 5.88. The fourth-order valence-corrected chi connectivity index (χ4v) is 4.68. The van der Waals surface area contributed by atoms with Crippen LogP contribution in [0.3, 0.4) is 0 Å². The molecule has 0 radical (unpaired) electrons. The van der Waals surface area contributed by atoms with Gasteiger partial charge in [-0.1, -0.05) is 67.7 Å². The lowest BCUT2D eigenvalue weighted by Gasteiger charge is -2.29. The van der Waals surface area contributed by atoms with E-state index in [4.69, 9.17) is 0 Å². The highest BCUT2D eigenvalue weighted by Crippen LogP contribution is 2.30. The Bertz CT molecular complexity index is 355. The maximum Gasteiger partial charge on any atom is 0.150 e. The van der Waals surface area contributed by atoms with Gasteiger partial charge >= 0.3 is 0 Å². The van der Waals surface area contributed by atoms with E-state index in [1.54, 1.807) is 0 Å². The second kappa shape index (κ2) is 7.82. The SMILES string of the molecule is CC[C@@H](CS(=O)(=O)CCCCCC(C)(C)C)C(C)(C)C. The zero-order chi connectivity index (χ0) is 16.0. The Kier molecular flexibility index (Phi) is 7.80. The predicted molar refractivity (Wildman–Crippen MR) is 89.8 cm³/mol. The van der Waals surface area contributed by atoms with Gasteiger partial charge in [-0.15, -0.1) is 0 Å². The highest BCUT2D eigenvalue weighted by molar-refractivity contribution is 7.91. The maximum absolute atomic E-state index is 12.2. The first-order valence-corrected chi connectivity index (χ1v) is 9.90. The Balaban J connectivity index is 4.14. The minimum absolute atomic E-state index is 0.0774. The summed E-state index contributed by atoms with van der Waals surface area (Å²) in [6.45, 7) is 15.2. The first-order chi connectivity index (χ1) is 8.87. The first kappa shape index (κ1) is 19.9. The van der Waals surface area contributed by atoms with Crippen LogP contribution in [0, 0.1) is 16.7 Å². The van der Waals surface area contributed by atoms with Crippen LogP contribution in [0.15, 0.2) is 0 Å². The van der Waals surface area contributed by atoms with Crippen LogP contribution >= 0.6 is 0 Å². The van der Waals surface area contributed by atoms with Gasteiger partial charge in [-0.25, -0.2) is 8.42 Å². The van der Waals surface area contributed by atoms with Gasteiger partial charge in [-0.05, 0) is 29.6 Å². The van der Waals surface area contributed by atoms with Crippen LogP contribution in [0.4, 0.5) is 0 Å². The van der Waals surface area contributed by atoms with Crippen LogP contribution in [-0.4, -0.2) is 19.9 Å². The van der Waals surface area contributed by atoms with Crippen molar-refractivity contribution < 1.29 is 8.42 Å². The first-order valence-electron chi connectivity index (χ1n) is 8.08. The molecule has 20 heavy (non-hydrogen) atoms. The highest BCUT2D eigenvalue weighted by atomic mass is 32.2. The van der Waals surface area contributed by atoms with E-state index in [0.29, 0.717) is 16.9 Å². The third kappa shape index (κ3) is 9.79.